The van der Waals surface area contributed by atoms with Crippen molar-refractivity contribution in [2.24, 2.45) is 0 Å². The predicted octanol–water partition coefficient (Wildman–Crippen LogP) is 2.46. The SMILES string of the molecule is O=C(O)c1ccccc1-c1ccc(O)cc1O. The molecule has 0 heterocycles. The van der Waals surface area contributed by atoms with Gasteiger partial charge in [-0.25, -0.2) is 4.79 Å². The van der Waals surface area contributed by atoms with Crippen LogP contribution >= 0.6 is 0 Å². The van der Waals surface area contributed by atoms with E-state index in [0.717, 1.165) is 0 Å². The number of phenols is 2. The van der Waals surface area contributed by atoms with Crippen molar-refractivity contribution < 1.29 is 20.1 Å². The smallest absolute Gasteiger partial charge is 0.336 e. The number of hydrogen-bond acceptors (Lipinski definition) is 3. The third-order valence-corrected chi connectivity index (χ3v) is 2.43. The molecule has 3 N–H and O–H groups in total. The number of aromatic hydroxyl groups is 2. The van der Waals surface area contributed by atoms with Gasteiger partial charge in [0.2, 0.25) is 0 Å². The van der Waals surface area contributed by atoms with Gasteiger partial charge in [0.15, 0.2) is 0 Å². The third kappa shape index (κ3) is 2.06. The van der Waals surface area contributed by atoms with Crippen LogP contribution in [0.4, 0.5) is 0 Å². The van der Waals surface area contributed by atoms with Crippen LogP contribution in [0.2, 0.25) is 0 Å². The molecule has 0 aliphatic heterocycles. The van der Waals surface area contributed by atoms with E-state index in [9.17, 15) is 15.0 Å². The summed E-state index contributed by atoms with van der Waals surface area (Å²) < 4.78 is 0. The van der Waals surface area contributed by atoms with Crippen molar-refractivity contribution in [1.29, 1.82) is 0 Å². The maximum Gasteiger partial charge on any atom is 0.336 e. The normalized spacial score (nSPS) is 10.1. The first-order valence-electron chi connectivity index (χ1n) is 4.94. The molecule has 0 aliphatic carbocycles. The van der Waals surface area contributed by atoms with Crippen molar-refractivity contribution in [3.05, 3.63) is 48.0 Å². The maximum atomic E-state index is 11.0. The molecule has 4 nitrogen and oxygen atoms in total. The van der Waals surface area contributed by atoms with Gasteiger partial charge < -0.3 is 15.3 Å². The minimum atomic E-state index is -1.06. The maximum absolute atomic E-state index is 11.0. The van der Waals surface area contributed by atoms with E-state index < -0.39 is 5.97 Å². The lowest BCUT2D eigenvalue weighted by Crippen LogP contribution is -1.98. The molecule has 2 rings (SSSR count). The van der Waals surface area contributed by atoms with Crippen molar-refractivity contribution in [1.82, 2.24) is 0 Å². The Labute approximate surface area is 97.4 Å². The topological polar surface area (TPSA) is 77.8 Å². The monoisotopic (exact) mass is 230 g/mol. The second-order valence-electron chi connectivity index (χ2n) is 3.55. The summed E-state index contributed by atoms with van der Waals surface area (Å²) in [5, 5.41) is 27.9. The Balaban J connectivity index is 2.64. The van der Waals surface area contributed by atoms with Gasteiger partial charge in [-0.05, 0) is 23.8 Å². The first kappa shape index (κ1) is 11.0. The molecule has 0 unspecified atom stereocenters. The molecule has 0 bridgehead atoms. The summed E-state index contributed by atoms with van der Waals surface area (Å²) in [4.78, 5) is 11.0. The predicted molar refractivity (Wildman–Crippen MR) is 62.2 cm³/mol. The summed E-state index contributed by atoms with van der Waals surface area (Å²) in [6.07, 6.45) is 0. The van der Waals surface area contributed by atoms with Crippen LogP contribution in [0.5, 0.6) is 11.5 Å². The van der Waals surface area contributed by atoms with Crippen LogP contribution in [0.1, 0.15) is 10.4 Å². The Kier molecular flexibility index (Phi) is 2.70. The fourth-order valence-corrected chi connectivity index (χ4v) is 1.65. The average Bonchev–Trinajstić information content (AvgIpc) is 2.29. The molecule has 0 aliphatic rings. The van der Waals surface area contributed by atoms with Crippen LogP contribution < -0.4 is 0 Å². The van der Waals surface area contributed by atoms with Crippen LogP contribution in [0.3, 0.4) is 0 Å². The minimum absolute atomic E-state index is 0.0703. The number of phenolic OH excluding ortho intramolecular Hbond substituents is 2. The Morgan fingerprint density at radius 3 is 2.29 bits per heavy atom. The number of carboxylic acid groups (broad SMARTS) is 1. The third-order valence-electron chi connectivity index (χ3n) is 2.43. The van der Waals surface area contributed by atoms with E-state index in [1.807, 2.05) is 0 Å². The van der Waals surface area contributed by atoms with Crippen LogP contribution in [0.25, 0.3) is 11.1 Å². The number of hydrogen-bond donors (Lipinski definition) is 3. The molecule has 0 radical (unpaired) electrons. The first-order chi connectivity index (χ1) is 8.09. The zero-order chi connectivity index (χ0) is 12.4. The van der Waals surface area contributed by atoms with Gasteiger partial charge in [-0.3, -0.25) is 0 Å². The lowest BCUT2D eigenvalue weighted by atomic mass is 9.99. The number of carboxylic acids is 1. The highest BCUT2D eigenvalue weighted by atomic mass is 16.4. The molecule has 0 spiro atoms. The quantitative estimate of drug-likeness (QED) is 0.740. The van der Waals surface area contributed by atoms with Crippen molar-refractivity contribution in [2.75, 3.05) is 0 Å². The van der Waals surface area contributed by atoms with Crippen LogP contribution in [-0.2, 0) is 0 Å². The molecule has 0 saturated heterocycles. The van der Waals surface area contributed by atoms with Gasteiger partial charge in [-0.15, -0.1) is 0 Å². The van der Waals surface area contributed by atoms with Crippen molar-refractivity contribution in [2.45, 2.75) is 0 Å². The van der Waals surface area contributed by atoms with Crippen LogP contribution in [-0.4, -0.2) is 21.3 Å². The molecule has 4 heteroatoms. The van der Waals surface area contributed by atoms with Crippen LogP contribution in [0.15, 0.2) is 42.5 Å². The standard InChI is InChI=1S/C13H10O4/c14-8-5-6-10(12(15)7-8)9-3-1-2-4-11(9)13(16)17/h1-7,14-15H,(H,16,17). The molecule has 0 atom stereocenters. The summed E-state index contributed by atoms with van der Waals surface area (Å²) in [5.41, 5.74) is 0.895. The molecular formula is C13H10O4. The van der Waals surface area contributed by atoms with E-state index in [4.69, 9.17) is 5.11 Å². The zero-order valence-corrected chi connectivity index (χ0v) is 8.79. The molecule has 0 amide bonds. The van der Waals surface area contributed by atoms with E-state index in [-0.39, 0.29) is 17.1 Å². The van der Waals surface area contributed by atoms with E-state index in [2.05, 4.69) is 0 Å². The van der Waals surface area contributed by atoms with Gasteiger partial charge in [0.05, 0.1) is 5.56 Å². The van der Waals surface area contributed by atoms with E-state index in [0.29, 0.717) is 11.1 Å². The van der Waals surface area contributed by atoms with E-state index in [1.165, 1.54) is 24.3 Å². The molecular weight excluding hydrogens is 220 g/mol. The number of carbonyl (C=O) groups is 1. The van der Waals surface area contributed by atoms with E-state index >= 15 is 0 Å². The second-order valence-corrected chi connectivity index (χ2v) is 3.55. The molecule has 17 heavy (non-hydrogen) atoms. The van der Waals surface area contributed by atoms with Crippen molar-refractivity contribution in [3.63, 3.8) is 0 Å². The Morgan fingerprint density at radius 1 is 0.941 bits per heavy atom. The summed E-state index contributed by atoms with van der Waals surface area (Å²) in [6.45, 7) is 0. The fourth-order valence-electron chi connectivity index (χ4n) is 1.65. The van der Waals surface area contributed by atoms with Crippen molar-refractivity contribution in [3.8, 4) is 22.6 Å². The van der Waals surface area contributed by atoms with Gasteiger partial charge in [-0.1, -0.05) is 18.2 Å². The first-order valence-corrected chi connectivity index (χ1v) is 4.94. The zero-order valence-electron chi connectivity index (χ0n) is 8.79. The van der Waals surface area contributed by atoms with Gasteiger partial charge in [0.25, 0.3) is 0 Å². The molecule has 0 fully saturated rings. The molecule has 86 valence electrons. The second kappa shape index (κ2) is 4.17. The number of benzene rings is 2. The van der Waals surface area contributed by atoms with E-state index in [1.54, 1.807) is 18.2 Å². The molecule has 0 aromatic heterocycles. The van der Waals surface area contributed by atoms with Gasteiger partial charge in [0.1, 0.15) is 11.5 Å². The Hall–Kier alpha value is -2.49. The number of rotatable bonds is 2. The highest BCUT2D eigenvalue weighted by molar-refractivity contribution is 5.96. The minimum Gasteiger partial charge on any atom is -0.508 e. The molecule has 0 saturated carbocycles. The Morgan fingerprint density at radius 2 is 1.65 bits per heavy atom. The Bertz CT molecular complexity index is 575. The number of aromatic carboxylic acids is 1. The van der Waals surface area contributed by atoms with Gasteiger partial charge >= 0.3 is 5.97 Å². The molecule has 2 aromatic carbocycles. The highest BCUT2D eigenvalue weighted by Crippen LogP contribution is 2.33. The van der Waals surface area contributed by atoms with Crippen molar-refractivity contribution >= 4 is 5.97 Å². The fraction of sp³-hybridized carbons (Fsp3) is 0. The molecule has 2 aromatic rings. The summed E-state index contributed by atoms with van der Waals surface area (Å²) >= 11 is 0. The largest absolute Gasteiger partial charge is 0.508 e. The average molecular weight is 230 g/mol. The summed E-state index contributed by atoms with van der Waals surface area (Å²) in [6, 6.07) is 10.4. The van der Waals surface area contributed by atoms with Gasteiger partial charge in [0, 0.05) is 11.6 Å². The lowest BCUT2D eigenvalue weighted by Gasteiger charge is -2.08. The summed E-state index contributed by atoms with van der Waals surface area (Å²) in [5.74, 6) is -1.29. The van der Waals surface area contributed by atoms with Crippen LogP contribution in [0, 0.1) is 0 Å². The highest BCUT2D eigenvalue weighted by Gasteiger charge is 2.13. The summed E-state index contributed by atoms with van der Waals surface area (Å²) in [7, 11) is 0. The lowest BCUT2D eigenvalue weighted by molar-refractivity contribution is 0.0698. The van der Waals surface area contributed by atoms with Gasteiger partial charge in [-0.2, -0.15) is 0 Å².